The van der Waals surface area contributed by atoms with E-state index in [1.807, 2.05) is 6.07 Å². The van der Waals surface area contributed by atoms with Crippen LogP contribution in [-0.2, 0) is 20.8 Å². The Kier molecular flexibility index (Phi) is 5.70. The number of benzene rings is 2. The first-order chi connectivity index (χ1) is 10.5. The van der Waals surface area contributed by atoms with E-state index in [-0.39, 0.29) is 17.2 Å². The van der Waals surface area contributed by atoms with E-state index < -0.39 is 20.8 Å². The van der Waals surface area contributed by atoms with Gasteiger partial charge < -0.3 is 4.74 Å². The Morgan fingerprint density at radius 2 is 1.68 bits per heavy atom. The van der Waals surface area contributed by atoms with Crippen LogP contribution >= 0.6 is 0 Å². The minimum atomic E-state index is -3.60. The molecule has 22 heavy (non-hydrogen) atoms. The van der Waals surface area contributed by atoms with Crippen molar-refractivity contribution in [2.75, 3.05) is 19.4 Å². The van der Waals surface area contributed by atoms with Crippen molar-refractivity contribution < 1.29 is 17.4 Å². The topological polar surface area (TPSA) is 72.5 Å². The molecule has 5 nitrogen and oxygen atoms in total. The zero-order chi connectivity index (χ0) is 16.0. The molecule has 0 aromatic heterocycles. The van der Waals surface area contributed by atoms with Crippen LogP contribution < -0.4 is 9.46 Å². The second-order valence-corrected chi connectivity index (χ2v) is 7.77. The molecule has 0 saturated carbocycles. The summed E-state index contributed by atoms with van der Waals surface area (Å²) in [6.07, 6.45) is 0. The van der Waals surface area contributed by atoms with Gasteiger partial charge in [0.2, 0.25) is 10.0 Å². The quantitative estimate of drug-likeness (QED) is 0.835. The zero-order valence-corrected chi connectivity index (χ0v) is 13.7. The molecule has 0 radical (unpaired) electrons. The zero-order valence-electron chi connectivity index (χ0n) is 12.1. The SMILES string of the molecule is COc1ccc(S(=O)(=O)NCC[S@](=O)c2ccccc2)cc1. The smallest absolute Gasteiger partial charge is 0.240 e. The Bertz CT molecular complexity index is 728. The third-order valence-corrected chi connectivity index (χ3v) is 5.81. The summed E-state index contributed by atoms with van der Waals surface area (Å²) >= 11 is 0. The molecule has 0 amide bonds. The molecule has 7 heteroatoms. The van der Waals surface area contributed by atoms with Crippen molar-refractivity contribution in [3.05, 3.63) is 54.6 Å². The average Bonchev–Trinajstić information content (AvgIpc) is 2.55. The van der Waals surface area contributed by atoms with Gasteiger partial charge in [-0.25, -0.2) is 13.1 Å². The number of methoxy groups -OCH3 is 1. The Morgan fingerprint density at radius 1 is 1.05 bits per heavy atom. The van der Waals surface area contributed by atoms with E-state index in [1.54, 1.807) is 36.4 Å². The van der Waals surface area contributed by atoms with Gasteiger partial charge in [0.25, 0.3) is 0 Å². The minimum Gasteiger partial charge on any atom is -0.497 e. The van der Waals surface area contributed by atoms with E-state index in [2.05, 4.69) is 4.72 Å². The Hall–Kier alpha value is -1.70. The lowest BCUT2D eigenvalue weighted by molar-refractivity contribution is 0.414. The van der Waals surface area contributed by atoms with Gasteiger partial charge in [0.05, 0.1) is 22.8 Å². The van der Waals surface area contributed by atoms with E-state index in [0.29, 0.717) is 10.6 Å². The monoisotopic (exact) mass is 339 g/mol. The van der Waals surface area contributed by atoms with Crippen molar-refractivity contribution in [3.63, 3.8) is 0 Å². The molecule has 1 atom stereocenters. The van der Waals surface area contributed by atoms with Gasteiger partial charge in [0, 0.05) is 17.2 Å². The van der Waals surface area contributed by atoms with Crippen LogP contribution in [0.1, 0.15) is 0 Å². The lowest BCUT2D eigenvalue weighted by atomic mass is 10.3. The van der Waals surface area contributed by atoms with Crippen molar-refractivity contribution in [2.45, 2.75) is 9.79 Å². The van der Waals surface area contributed by atoms with Gasteiger partial charge in [-0.15, -0.1) is 0 Å². The van der Waals surface area contributed by atoms with Crippen LogP contribution in [0.15, 0.2) is 64.4 Å². The van der Waals surface area contributed by atoms with Crippen LogP contribution in [0, 0.1) is 0 Å². The summed E-state index contributed by atoms with van der Waals surface area (Å²) in [6.45, 7) is 0.107. The molecule has 0 heterocycles. The van der Waals surface area contributed by atoms with E-state index in [9.17, 15) is 12.6 Å². The van der Waals surface area contributed by atoms with Crippen LogP contribution in [0.2, 0.25) is 0 Å². The largest absolute Gasteiger partial charge is 0.497 e. The van der Waals surface area contributed by atoms with Crippen LogP contribution in [0.25, 0.3) is 0 Å². The van der Waals surface area contributed by atoms with E-state index in [4.69, 9.17) is 4.74 Å². The number of rotatable bonds is 7. The first kappa shape index (κ1) is 16.7. The molecule has 0 spiro atoms. The average molecular weight is 339 g/mol. The molecule has 0 aliphatic rings. The molecule has 118 valence electrons. The summed E-state index contributed by atoms with van der Waals surface area (Å²) in [6, 6.07) is 15.1. The van der Waals surface area contributed by atoms with Gasteiger partial charge in [0.1, 0.15) is 5.75 Å². The second kappa shape index (κ2) is 7.53. The van der Waals surface area contributed by atoms with E-state index in [1.165, 1.54) is 19.2 Å². The standard InChI is InChI=1S/C15H17NO4S2/c1-20-13-7-9-15(10-8-13)22(18,19)16-11-12-21(17)14-5-3-2-4-6-14/h2-10,16H,11-12H2,1H3/t21-/m0/s1. The summed E-state index contributed by atoms with van der Waals surface area (Å²) < 4.78 is 43.6. The van der Waals surface area contributed by atoms with Gasteiger partial charge in [-0.3, -0.25) is 4.21 Å². The third-order valence-electron chi connectivity index (χ3n) is 2.96. The third kappa shape index (κ3) is 4.40. The van der Waals surface area contributed by atoms with E-state index in [0.717, 1.165) is 0 Å². The number of nitrogens with one attached hydrogen (secondary N) is 1. The maximum atomic E-state index is 12.1. The lowest BCUT2D eigenvalue weighted by Gasteiger charge is -2.07. The normalized spacial score (nSPS) is 12.8. The molecule has 0 aliphatic heterocycles. The van der Waals surface area contributed by atoms with Crippen LogP contribution in [0.5, 0.6) is 5.75 Å². The van der Waals surface area contributed by atoms with Crippen LogP contribution in [0.3, 0.4) is 0 Å². The molecule has 2 aromatic rings. The summed E-state index contributed by atoms with van der Waals surface area (Å²) in [7, 11) is -3.32. The summed E-state index contributed by atoms with van der Waals surface area (Å²) in [5, 5.41) is 0. The molecule has 0 saturated heterocycles. The highest BCUT2D eigenvalue weighted by Gasteiger charge is 2.14. The number of sulfonamides is 1. The first-order valence-electron chi connectivity index (χ1n) is 6.60. The van der Waals surface area contributed by atoms with Gasteiger partial charge in [-0.2, -0.15) is 0 Å². The fraction of sp³-hybridized carbons (Fsp3) is 0.200. The molecule has 1 N–H and O–H groups in total. The summed E-state index contributed by atoms with van der Waals surface area (Å²) in [5.41, 5.74) is 0. The van der Waals surface area contributed by atoms with Crippen LogP contribution in [0.4, 0.5) is 0 Å². The highest BCUT2D eigenvalue weighted by atomic mass is 32.2. The number of hydrogen-bond donors (Lipinski definition) is 1. The maximum Gasteiger partial charge on any atom is 0.240 e. The Labute approximate surface area is 132 Å². The molecule has 2 rings (SSSR count). The van der Waals surface area contributed by atoms with Crippen molar-refractivity contribution in [1.29, 1.82) is 0 Å². The van der Waals surface area contributed by atoms with Gasteiger partial charge in [0.15, 0.2) is 0 Å². The van der Waals surface area contributed by atoms with Crippen molar-refractivity contribution >= 4 is 20.8 Å². The Balaban J connectivity index is 1.93. The maximum absolute atomic E-state index is 12.1. The van der Waals surface area contributed by atoms with Gasteiger partial charge >= 0.3 is 0 Å². The minimum absolute atomic E-state index is 0.107. The van der Waals surface area contributed by atoms with Crippen molar-refractivity contribution in [1.82, 2.24) is 4.72 Å². The van der Waals surface area contributed by atoms with Crippen LogP contribution in [-0.4, -0.2) is 32.0 Å². The molecule has 2 aromatic carbocycles. The second-order valence-electron chi connectivity index (χ2n) is 4.44. The molecule has 0 bridgehead atoms. The molecule has 0 fully saturated rings. The fourth-order valence-electron chi connectivity index (χ4n) is 1.80. The number of hydrogen-bond acceptors (Lipinski definition) is 4. The summed E-state index contributed by atoms with van der Waals surface area (Å²) in [4.78, 5) is 0.838. The van der Waals surface area contributed by atoms with Gasteiger partial charge in [-0.05, 0) is 36.4 Å². The molecule has 0 aliphatic carbocycles. The predicted octanol–water partition coefficient (Wildman–Crippen LogP) is 1.78. The number of ether oxygens (including phenoxy) is 1. The van der Waals surface area contributed by atoms with Crippen molar-refractivity contribution in [2.24, 2.45) is 0 Å². The van der Waals surface area contributed by atoms with Crippen molar-refractivity contribution in [3.8, 4) is 5.75 Å². The van der Waals surface area contributed by atoms with E-state index >= 15 is 0 Å². The highest BCUT2D eigenvalue weighted by molar-refractivity contribution is 7.89. The molecular formula is C15H17NO4S2. The summed E-state index contributed by atoms with van der Waals surface area (Å²) in [5.74, 6) is 0.809. The highest BCUT2D eigenvalue weighted by Crippen LogP contribution is 2.15. The predicted molar refractivity (Wildman–Crippen MR) is 85.9 cm³/mol. The first-order valence-corrected chi connectivity index (χ1v) is 9.40. The molecular weight excluding hydrogens is 322 g/mol. The molecule has 0 unspecified atom stereocenters. The fourth-order valence-corrected chi connectivity index (χ4v) is 3.94. The van der Waals surface area contributed by atoms with Gasteiger partial charge in [-0.1, -0.05) is 18.2 Å². The lowest BCUT2D eigenvalue weighted by Crippen LogP contribution is -2.27. The Morgan fingerprint density at radius 3 is 2.27 bits per heavy atom.